The summed E-state index contributed by atoms with van der Waals surface area (Å²) in [5.74, 6) is 0.128. The van der Waals surface area contributed by atoms with Crippen molar-refractivity contribution in [1.29, 1.82) is 0 Å². The summed E-state index contributed by atoms with van der Waals surface area (Å²) < 4.78 is 11.6. The van der Waals surface area contributed by atoms with E-state index in [-0.39, 0.29) is 23.2 Å². The Hall–Kier alpha value is -1.92. The fourth-order valence-corrected chi connectivity index (χ4v) is 5.71. The van der Waals surface area contributed by atoms with Crippen molar-refractivity contribution >= 4 is 25.8 Å². The minimum absolute atomic E-state index is 0.114. The largest absolute Gasteiger partial charge is 0.469 e. The smallest absolute Gasteiger partial charge is 0.305 e. The quantitative estimate of drug-likeness (QED) is 0.110. The first-order valence-corrected chi connectivity index (χ1v) is 16.7. The number of nitrogens with zero attached hydrogens (tertiary/aromatic N) is 1. The molecule has 0 bridgehead atoms. The molecule has 0 N–H and O–H groups in total. The van der Waals surface area contributed by atoms with Gasteiger partial charge in [0.15, 0.2) is 14.1 Å². The van der Waals surface area contributed by atoms with E-state index in [1.165, 1.54) is 31.9 Å². The SMILES string of the molecule is CCCCCC(O[Si](C)(C)C(C)(C)C)c1ccc(N2CCC(=O)[C@@H]2C/C=C\CCCC(=O)OC)cc1. The van der Waals surface area contributed by atoms with Crippen LogP contribution < -0.4 is 4.90 Å². The lowest BCUT2D eigenvalue weighted by atomic mass is 10.0. The molecule has 0 spiro atoms. The number of unbranched alkanes of at least 4 members (excludes halogenated alkanes) is 3. The molecule has 0 radical (unpaired) electrons. The van der Waals surface area contributed by atoms with E-state index in [0.717, 1.165) is 31.5 Å². The molecule has 1 aromatic carbocycles. The predicted molar refractivity (Wildman–Crippen MR) is 152 cm³/mol. The highest BCUT2D eigenvalue weighted by Crippen LogP contribution is 2.41. The standard InChI is InChI=1S/C30H49NO4Si/c1-8-9-12-16-28(35-36(6,7)30(2,3)4)24-18-20-25(21-19-24)31-23-22-27(32)26(31)15-13-10-11-14-17-29(33)34-5/h10,13,18-21,26,28H,8-9,11-12,14-17,22-23H2,1-7H3/b13-10-/t26-,28?/m0/s1. The molecular formula is C30H49NO4Si. The van der Waals surface area contributed by atoms with Gasteiger partial charge in [0.2, 0.25) is 0 Å². The van der Waals surface area contributed by atoms with Gasteiger partial charge in [-0.05, 0) is 61.5 Å². The van der Waals surface area contributed by atoms with Gasteiger partial charge in [0.05, 0.1) is 19.3 Å². The van der Waals surface area contributed by atoms with Gasteiger partial charge < -0.3 is 14.1 Å². The third kappa shape index (κ3) is 8.88. The van der Waals surface area contributed by atoms with E-state index in [0.29, 0.717) is 25.0 Å². The number of hydrogen-bond acceptors (Lipinski definition) is 5. The minimum atomic E-state index is -1.89. The van der Waals surface area contributed by atoms with Crippen molar-refractivity contribution in [3.05, 3.63) is 42.0 Å². The lowest BCUT2D eigenvalue weighted by Gasteiger charge is -2.39. The maximum absolute atomic E-state index is 12.6. The molecule has 0 aliphatic carbocycles. The zero-order chi connectivity index (χ0) is 26.8. The van der Waals surface area contributed by atoms with Crippen molar-refractivity contribution in [3.63, 3.8) is 0 Å². The Balaban J connectivity index is 2.07. The summed E-state index contributed by atoms with van der Waals surface area (Å²) >= 11 is 0. The number of rotatable bonds is 14. The van der Waals surface area contributed by atoms with Crippen LogP contribution in [0.3, 0.4) is 0 Å². The van der Waals surface area contributed by atoms with E-state index in [9.17, 15) is 9.59 Å². The minimum Gasteiger partial charge on any atom is -0.469 e. The van der Waals surface area contributed by atoms with Crippen LogP contribution in [0.1, 0.15) is 97.1 Å². The number of carbonyl (C=O) groups is 2. The predicted octanol–water partition coefficient (Wildman–Crippen LogP) is 7.77. The summed E-state index contributed by atoms with van der Waals surface area (Å²) in [6, 6.07) is 8.64. The van der Waals surface area contributed by atoms with Crippen LogP contribution in [0.4, 0.5) is 5.69 Å². The maximum Gasteiger partial charge on any atom is 0.305 e. The second-order valence-corrected chi connectivity index (χ2v) is 16.3. The van der Waals surface area contributed by atoms with Crippen molar-refractivity contribution in [3.8, 4) is 0 Å². The van der Waals surface area contributed by atoms with E-state index < -0.39 is 8.32 Å². The van der Waals surface area contributed by atoms with Gasteiger partial charge in [-0.25, -0.2) is 0 Å². The fourth-order valence-electron chi connectivity index (χ4n) is 4.39. The summed E-state index contributed by atoms with van der Waals surface area (Å²) in [6.07, 6.45) is 12.2. The van der Waals surface area contributed by atoms with Crippen LogP contribution in [-0.4, -0.2) is 39.8 Å². The third-order valence-corrected chi connectivity index (χ3v) is 12.2. The van der Waals surface area contributed by atoms with Crippen molar-refractivity contribution in [2.75, 3.05) is 18.6 Å². The van der Waals surface area contributed by atoms with E-state index in [2.05, 4.69) is 86.8 Å². The Morgan fingerprint density at radius 1 is 1.14 bits per heavy atom. The lowest BCUT2D eigenvalue weighted by Crippen LogP contribution is -2.41. The second-order valence-electron chi connectivity index (χ2n) is 11.6. The molecule has 0 amide bonds. The number of benzene rings is 1. The van der Waals surface area contributed by atoms with E-state index in [1.54, 1.807) is 0 Å². The van der Waals surface area contributed by atoms with Crippen molar-refractivity contribution in [2.45, 2.75) is 116 Å². The second kappa shape index (κ2) is 14.1. The van der Waals surface area contributed by atoms with Gasteiger partial charge in [0.1, 0.15) is 0 Å². The Morgan fingerprint density at radius 2 is 1.83 bits per heavy atom. The average Bonchev–Trinajstić information content (AvgIpc) is 3.20. The number of methoxy groups -OCH3 is 1. The van der Waals surface area contributed by atoms with E-state index in [1.807, 2.05) is 0 Å². The maximum atomic E-state index is 12.6. The highest BCUT2D eigenvalue weighted by atomic mass is 28.4. The Bertz CT molecular complexity index is 857. The molecule has 202 valence electrons. The average molecular weight is 516 g/mol. The lowest BCUT2D eigenvalue weighted by molar-refractivity contribution is -0.140. The molecule has 36 heavy (non-hydrogen) atoms. The van der Waals surface area contributed by atoms with Gasteiger partial charge in [0, 0.05) is 25.1 Å². The zero-order valence-corrected chi connectivity index (χ0v) is 24.8. The molecule has 1 aliphatic heterocycles. The number of carbonyl (C=O) groups excluding carboxylic acids is 2. The molecule has 0 aromatic heterocycles. The number of hydrogen-bond donors (Lipinski definition) is 0. The molecule has 1 aromatic rings. The molecular weight excluding hydrogens is 466 g/mol. The monoisotopic (exact) mass is 515 g/mol. The highest BCUT2D eigenvalue weighted by Gasteiger charge is 2.39. The summed E-state index contributed by atoms with van der Waals surface area (Å²) in [4.78, 5) is 26.1. The molecule has 0 saturated carbocycles. The number of esters is 1. The molecule has 1 heterocycles. The Kier molecular flexibility index (Phi) is 11.9. The molecule has 1 fully saturated rings. The number of ether oxygens (including phenoxy) is 1. The van der Waals surface area contributed by atoms with Crippen molar-refractivity contribution in [2.24, 2.45) is 0 Å². The summed E-state index contributed by atoms with van der Waals surface area (Å²) in [5, 5.41) is 0.173. The van der Waals surface area contributed by atoms with Gasteiger partial charge in [0.25, 0.3) is 0 Å². The molecule has 2 atom stereocenters. The third-order valence-electron chi connectivity index (χ3n) is 7.76. The first-order chi connectivity index (χ1) is 17.0. The van der Waals surface area contributed by atoms with Crippen molar-refractivity contribution < 1.29 is 18.8 Å². The van der Waals surface area contributed by atoms with Crippen LogP contribution in [-0.2, 0) is 18.8 Å². The highest BCUT2D eigenvalue weighted by molar-refractivity contribution is 6.74. The first kappa shape index (κ1) is 30.3. The van der Waals surface area contributed by atoms with Crippen LogP contribution in [0.15, 0.2) is 36.4 Å². The van der Waals surface area contributed by atoms with Crippen LogP contribution in [0.25, 0.3) is 0 Å². The Labute approximate surface area is 220 Å². The fraction of sp³-hybridized carbons (Fsp3) is 0.667. The van der Waals surface area contributed by atoms with Crippen LogP contribution in [0.5, 0.6) is 0 Å². The molecule has 2 rings (SSSR count). The molecule has 1 saturated heterocycles. The van der Waals surface area contributed by atoms with Crippen LogP contribution >= 0.6 is 0 Å². The summed E-state index contributed by atoms with van der Waals surface area (Å²) in [7, 11) is -0.476. The van der Waals surface area contributed by atoms with E-state index >= 15 is 0 Å². The van der Waals surface area contributed by atoms with Gasteiger partial charge in [-0.3, -0.25) is 9.59 Å². The summed E-state index contributed by atoms with van der Waals surface area (Å²) in [5.41, 5.74) is 2.35. The number of Topliss-reactive ketones (excluding diaryl/α,β-unsaturated/α-hetero) is 1. The van der Waals surface area contributed by atoms with Gasteiger partial charge in [-0.2, -0.15) is 0 Å². The number of allylic oxidation sites excluding steroid dienone is 1. The topological polar surface area (TPSA) is 55.8 Å². The van der Waals surface area contributed by atoms with Gasteiger partial charge in [-0.1, -0.05) is 71.2 Å². The normalized spacial score (nSPS) is 17.7. The summed E-state index contributed by atoms with van der Waals surface area (Å²) in [6.45, 7) is 14.6. The molecule has 1 unspecified atom stereocenters. The Morgan fingerprint density at radius 3 is 2.44 bits per heavy atom. The molecule has 6 heteroatoms. The van der Waals surface area contributed by atoms with Crippen LogP contribution in [0.2, 0.25) is 18.1 Å². The molecule has 1 aliphatic rings. The zero-order valence-electron chi connectivity index (χ0n) is 23.8. The van der Waals surface area contributed by atoms with Gasteiger partial charge >= 0.3 is 5.97 Å². The van der Waals surface area contributed by atoms with E-state index in [4.69, 9.17) is 4.43 Å². The molecule has 5 nitrogen and oxygen atoms in total. The number of anilines is 1. The first-order valence-electron chi connectivity index (χ1n) is 13.8. The van der Waals surface area contributed by atoms with Crippen LogP contribution in [0, 0.1) is 0 Å². The number of ketones is 1. The van der Waals surface area contributed by atoms with Gasteiger partial charge in [-0.15, -0.1) is 0 Å². The van der Waals surface area contributed by atoms with Crippen molar-refractivity contribution in [1.82, 2.24) is 0 Å².